The van der Waals surface area contributed by atoms with Gasteiger partial charge in [-0.05, 0) is 49.8 Å². The normalized spacial score (nSPS) is 16.9. The van der Waals surface area contributed by atoms with Crippen molar-refractivity contribution in [3.63, 3.8) is 0 Å². The van der Waals surface area contributed by atoms with Crippen LogP contribution in [0.1, 0.15) is 29.5 Å². The van der Waals surface area contributed by atoms with E-state index in [9.17, 15) is 4.79 Å². The van der Waals surface area contributed by atoms with E-state index in [-0.39, 0.29) is 5.63 Å². The van der Waals surface area contributed by atoms with Gasteiger partial charge in [0.15, 0.2) is 0 Å². The van der Waals surface area contributed by atoms with Crippen molar-refractivity contribution < 1.29 is 4.42 Å². The molecule has 3 heterocycles. The quantitative estimate of drug-likeness (QED) is 0.626. The molecule has 3 heteroatoms. The molecule has 2 aromatic rings. The second-order valence-corrected chi connectivity index (χ2v) is 6.03. The molecule has 2 aliphatic heterocycles. The van der Waals surface area contributed by atoms with Crippen LogP contribution in [-0.4, -0.2) is 13.1 Å². The average Bonchev–Trinajstić information content (AvgIpc) is 2.50. The fraction of sp³-hybridized carbons (Fsp3) is 0.389. The first kappa shape index (κ1) is 12.7. The lowest BCUT2D eigenvalue weighted by molar-refractivity contribution is 0.542. The Morgan fingerprint density at radius 2 is 2.05 bits per heavy atom. The number of allylic oxidation sites excluding steroid dienone is 1. The Morgan fingerprint density at radius 3 is 2.86 bits per heavy atom. The second kappa shape index (κ2) is 4.76. The zero-order chi connectivity index (χ0) is 14.4. The van der Waals surface area contributed by atoms with E-state index in [1.54, 1.807) is 6.08 Å². The molecule has 2 aliphatic rings. The molecule has 0 unspecified atom stereocenters. The predicted molar refractivity (Wildman–Crippen MR) is 85.2 cm³/mol. The summed E-state index contributed by atoms with van der Waals surface area (Å²) in [6.45, 7) is 5.97. The maximum absolute atomic E-state index is 12.1. The van der Waals surface area contributed by atoms with E-state index < -0.39 is 0 Å². The van der Waals surface area contributed by atoms with E-state index in [2.05, 4.69) is 17.5 Å². The van der Waals surface area contributed by atoms with Gasteiger partial charge in [-0.3, -0.25) is 0 Å². The summed E-state index contributed by atoms with van der Waals surface area (Å²) in [7, 11) is 0. The molecule has 0 bridgehead atoms. The molecule has 0 saturated heterocycles. The van der Waals surface area contributed by atoms with Gasteiger partial charge >= 0.3 is 5.63 Å². The van der Waals surface area contributed by atoms with Crippen molar-refractivity contribution >= 4 is 16.7 Å². The first-order valence-electron chi connectivity index (χ1n) is 7.75. The molecule has 3 nitrogen and oxygen atoms in total. The highest BCUT2D eigenvalue weighted by Gasteiger charge is 2.26. The summed E-state index contributed by atoms with van der Waals surface area (Å²) >= 11 is 0. The van der Waals surface area contributed by atoms with E-state index in [0.29, 0.717) is 12.0 Å². The van der Waals surface area contributed by atoms with Gasteiger partial charge in [0, 0.05) is 35.3 Å². The van der Waals surface area contributed by atoms with Crippen LogP contribution in [0, 0.1) is 0 Å². The zero-order valence-electron chi connectivity index (χ0n) is 12.2. The highest BCUT2D eigenvalue weighted by molar-refractivity contribution is 5.88. The molecule has 108 valence electrons. The Bertz CT molecular complexity index is 786. The van der Waals surface area contributed by atoms with Gasteiger partial charge in [-0.1, -0.05) is 6.08 Å². The summed E-state index contributed by atoms with van der Waals surface area (Å²) in [5.74, 6) is 0. The van der Waals surface area contributed by atoms with Crippen LogP contribution in [0.3, 0.4) is 0 Å². The smallest absolute Gasteiger partial charge is 0.339 e. The molecule has 0 saturated carbocycles. The third-order valence-corrected chi connectivity index (χ3v) is 4.65. The molecule has 4 rings (SSSR count). The lowest BCUT2D eigenvalue weighted by Gasteiger charge is -2.37. The van der Waals surface area contributed by atoms with E-state index in [4.69, 9.17) is 4.42 Å². The Kier molecular flexibility index (Phi) is 2.88. The number of fused-ring (bicyclic) bond motifs is 2. The number of anilines is 1. The standard InChI is InChI=1S/C18H19NO2/c1-2-5-13-11-14-10-12-6-3-8-19-9-4-7-15(16(12)19)17(14)21-18(13)20/h2,10-11H,1,3-9H2. The lowest BCUT2D eigenvalue weighted by atomic mass is 9.90. The van der Waals surface area contributed by atoms with Crippen molar-refractivity contribution in [2.75, 3.05) is 18.0 Å². The monoisotopic (exact) mass is 281 g/mol. The molecule has 0 radical (unpaired) electrons. The van der Waals surface area contributed by atoms with Crippen LogP contribution in [0.2, 0.25) is 0 Å². The van der Waals surface area contributed by atoms with Gasteiger partial charge in [0.1, 0.15) is 5.58 Å². The third kappa shape index (κ3) is 1.91. The largest absolute Gasteiger partial charge is 0.422 e. The lowest BCUT2D eigenvalue weighted by Crippen LogP contribution is -2.34. The van der Waals surface area contributed by atoms with E-state index in [1.165, 1.54) is 23.2 Å². The van der Waals surface area contributed by atoms with Crippen molar-refractivity contribution in [2.45, 2.75) is 32.1 Å². The average molecular weight is 281 g/mol. The minimum absolute atomic E-state index is 0.216. The summed E-state index contributed by atoms with van der Waals surface area (Å²) < 4.78 is 5.69. The molecule has 0 spiro atoms. The number of benzene rings is 1. The zero-order valence-corrected chi connectivity index (χ0v) is 12.2. The highest BCUT2D eigenvalue weighted by Crippen LogP contribution is 2.39. The number of hydrogen-bond acceptors (Lipinski definition) is 3. The third-order valence-electron chi connectivity index (χ3n) is 4.65. The van der Waals surface area contributed by atoms with Gasteiger partial charge in [-0.15, -0.1) is 6.58 Å². The van der Waals surface area contributed by atoms with Crippen molar-refractivity contribution in [2.24, 2.45) is 0 Å². The SMILES string of the molecule is C=CCc1cc2cc3c4c(c2oc1=O)CCCN4CCC3. The molecule has 1 aromatic carbocycles. The molecule has 21 heavy (non-hydrogen) atoms. The summed E-state index contributed by atoms with van der Waals surface area (Å²) in [5.41, 5.74) is 5.30. The Balaban J connectivity index is 2.03. The minimum Gasteiger partial charge on any atom is -0.422 e. The minimum atomic E-state index is -0.216. The van der Waals surface area contributed by atoms with E-state index in [0.717, 1.165) is 43.3 Å². The summed E-state index contributed by atoms with van der Waals surface area (Å²) in [6, 6.07) is 4.22. The predicted octanol–water partition coefficient (Wildman–Crippen LogP) is 3.22. The summed E-state index contributed by atoms with van der Waals surface area (Å²) in [4.78, 5) is 14.6. The maximum Gasteiger partial charge on any atom is 0.339 e. The van der Waals surface area contributed by atoms with Crippen LogP contribution in [0.4, 0.5) is 5.69 Å². The number of rotatable bonds is 2. The molecule has 0 atom stereocenters. The molecular weight excluding hydrogens is 262 g/mol. The summed E-state index contributed by atoms with van der Waals surface area (Å²) in [5, 5.41) is 1.07. The first-order chi connectivity index (χ1) is 10.3. The van der Waals surface area contributed by atoms with Crippen molar-refractivity contribution in [1.29, 1.82) is 0 Å². The maximum atomic E-state index is 12.1. The van der Waals surface area contributed by atoms with Crippen LogP contribution in [-0.2, 0) is 19.3 Å². The molecule has 0 N–H and O–H groups in total. The molecule has 0 amide bonds. The van der Waals surface area contributed by atoms with Gasteiger partial charge < -0.3 is 9.32 Å². The van der Waals surface area contributed by atoms with Gasteiger partial charge in [0.2, 0.25) is 0 Å². The van der Waals surface area contributed by atoms with E-state index in [1.807, 2.05) is 6.07 Å². The molecule has 0 fully saturated rings. The Hall–Kier alpha value is -2.03. The van der Waals surface area contributed by atoms with Gasteiger partial charge in [-0.25, -0.2) is 4.79 Å². The Labute approximate surface area is 123 Å². The van der Waals surface area contributed by atoms with Crippen LogP contribution in [0.15, 0.2) is 34.0 Å². The van der Waals surface area contributed by atoms with Crippen molar-refractivity contribution in [3.8, 4) is 0 Å². The molecule has 1 aromatic heterocycles. The number of aryl methyl sites for hydroxylation is 2. The molecule has 0 aliphatic carbocycles. The van der Waals surface area contributed by atoms with Gasteiger partial charge in [-0.2, -0.15) is 0 Å². The number of hydrogen-bond donors (Lipinski definition) is 0. The van der Waals surface area contributed by atoms with Crippen molar-refractivity contribution in [1.82, 2.24) is 0 Å². The fourth-order valence-corrected chi connectivity index (χ4v) is 3.79. The van der Waals surface area contributed by atoms with Crippen LogP contribution in [0.5, 0.6) is 0 Å². The summed E-state index contributed by atoms with van der Waals surface area (Å²) in [6.07, 6.45) is 6.82. The van der Waals surface area contributed by atoms with Crippen LogP contribution < -0.4 is 10.5 Å². The van der Waals surface area contributed by atoms with Gasteiger partial charge in [0.05, 0.1) is 0 Å². The van der Waals surface area contributed by atoms with Crippen molar-refractivity contribution in [3.05, 3.63) is 51.9 Å². The first-order valence-corrected chi connectivity index (χ1v) is 7.75. The fourth-order valence-electron chi connectivity index (χ4n) is 3.79. The second-order valence-electron chi connectivity index (χ2n) is 6.03. The van der Waals surface area contributed by atoms with Gasteiger partial charge in [0.25, 0.3) is 0 Å². The highest BCUT2D eigenvalue weighted by atomic mass is 16.4. The topological polar surface area (TPSA) is 33.5 Å². The Morgan fingerprint density at radius 1 is 1.24 bits per heavy atom. The molecular formula is C18H19NO2. The number of nitrogens with zero attached hydrogens (tertiary/aromatic N) is 1. The van der Waals surface area contributed by atoms with Crippen LogP contribution >= 0.6 is 0 Å². The van der Waals surface area contributed by atoms with E-state index >= 15 is 0 Å². The van der Waals surface area contributed by atoms with Crippen LogP contribution in [0.25, 0.3) is 11.0 Å².